The quantitative estimate of drug-likeness (QED) is 0.200. The summed E-state index contributed by atoms with van der Waals surface area (Å²) in [6.07, 6.45) is 0. The lowest BCUT2D eigenvalue weighted by Gasteiger charge is -2.24. The summed E-state index contributed by atoms with van der Waals surface area (Å²) in [5.41, 5.74) is 4.32. The van der Waals surface area contributed by atoms with E-state index >= 15 is 0 Å². The maximum atomic E-state index is 6.61. The van der Waals surface area contributed by atoms with Crippen molar-refractivity contribution in [1.29, 1.82) is 0 Å². The third kappa shape index (κ3) is 4.13. The highest BCUT2D eigenvalue weighted by molar-refractivity contribution is 8.25. The Labute approximate surface area is 234 Å². The van der Waals surface area contributed by atoms with Gasteiger partial charge < -0.3 is 0 Å². The van der Waals surface area contributed by atoms with Crippen LogP contribution < -0.4 is 15.9 Å². The largest absolute Gasteiger partial charge is 0.236 e. The van der Waals surface area contributed by atoms with Gasteiger partial charge in [-0.1, -0.05) is 115 Å². The van der Waals surface area contributed by atoms with Crippen LogP contribution in [0.4, 0.5) is 0 Å². The minimum absolute atomic E-state index is 1.03. The second kappa shape index (κ2) is 9.68. The second-order valence-electron chi connectivity index (χ2n) is 9.01. The van der Waals surface area contributed by atoms with Crippen molar-refractivity contribution in [1.82, 2.24) is 9.97 Å². The van der Waals surface area contributed by atoms with Crippen molar-refractivity contribution in [3.05, 3.63) is 127 Å². The SMILES string of the molecule is S=P(c1ccccc1)(c1ccc(-c2nc3ccccc3s2)cc1)c1ccc(-c2nc3ccccc3s2)cc1. The van der Waals surface area contributed by atoms with Crippen molar-refractivity contribution in [2.45, 2.75) is 0 Å². The van der Waals surface area contributed by atoms with Gasteiger partial charge in [-0.2, -0.15) is 0 Å². The third-order valence-electron chi connectivity index (χ3n) is 6.66. The van der Waals surface area contributed by atoms with Crippen molar-refractivity contribution in [2.24, 2.45) is 0 Å². The first kappa shape index (κ1) is 23.6. The smallest absolute Gasteiger partial charge is 0.124 e. The molecule has 0 fully saturated rings. The van der Waals surface area contributed by atoms with Crippen LogP contribution >= 0.6 is 28.7 Å². The molecule has 0 atom stereocenters. The highest BCUT2D eigenvalue weighted by Crippen LogP contribution is 2.44. The number of rotatable bonds is 5. The second-order valence-corrected chi connectivity index (χ2v) is 15.5. The summed E-state index contributed by atoms with van der Waals surface area (Å²) in [7, 11) is 0. The van der Waals surface area contributed by atoms with Gasteiger partial charge in [0.2, 0.25) is 0 Å². The molecule has 0 aliphatic heterocycles. The number of thiazole rings is 2. The molecule has 0 aliphatic rings. The van der Waals surface area contributed by atoms with E-state index in [9.17, 15) is 0 Å². The zero-order chi connectivity index (χ0) is 25.5. The van der Waals surface area contributed by atoms with E-state index in [1.165, 1.54) is 25.3 Å². The molecule has 0 saturated heterocycles. The average molecular weight is 561 g/mol. The highest BCUT2D eigenvalue weighted by Gasteiger charge is 2.25. The molecular formula is C32H21N2PS3. The van der Waals surface area contributed by atoms with Crippen molar-refractivity contribution < 1.29 is 0 Å². The fraction of sp³-hybridized carbons (Fsp3) is 0. The van der Waals surface area contributed by atoms with E-state index in [0.29, 0.717) is 0 Å². The van der Waals surface area contributed by atoms with E-state index in [1.807, 2.05) is 12.1 Å². The van der Waals surface area contributed by atoms with E-state index in [2.05, 4.69) is 115 Å². The highest BCUT2D eigenvalue weighted by atomic mass is 32.4. The Kier molecular flexibility index (Phi) is 6.02. The van der Waals surface area contributed by atoms with E-state index in [4.69, 9.17) is 21.8 Å². The van der Waals surface area contributed by atoms with Crippen LogP contribution in [0.1, 0.15) is 0 Å². The van der Waals surface area contributed by atoms with Gasteiger partial charge in [0.1, 0.15) is 10.0 Å². The fourth-order valence-electron chi connectivity index (χ4n) is 4.70. The molecule has 0 amide bonds. The van der Waals surface area contributed by atoms with Gasteiger partial charge in [-0.05, 0) is 40.2 Å². The average Bonchev–Trinajstić information content (AvgIpc) is 3.62. The first-order valence-corrected chi connectivity index (χ1v) is 16.7. The zero-order valence-electron chi connectivity index (χ0n) is 20.2. The molecule has 6 heteroatoms. The number of fused-ring (bicyclic) bond motifs is 2. The molecule has 0 spiro atoms. The molecule has 0 N–H and O–H groups in total. The lowest BCUT2D eigenvalue weighted by molar-refractivity contribution is 1.48. The molecule has 0 unspecified atom stereocenters. The first-order chi connectivity index (χ1) is 18.7. The van der Waals surface area contributed by atoms with Gasteiger partial charge in [0.25, 0.3) is 0 Å². The van der Waals surface area contributed by atoms with Crippen LogP contribution in [0.15, 0.2) is 127 Å². The normalized spacial score (nSPS) is 11.8. The Morgan fingerprint density at radius 3 is 1.29 bits per heavy atom. The summed E-state index contributed by atoms with van der Waals surface area (Å²) in [5, 5.41) is 5.61. The molecule has 2 nitrogen and oxygen atoms in total. The molecule has 0 aliphatic carbocycles. The summed E-state index contributed by atoms with van der Waals surface area (Å²) in [5.74, 6) is 0. The number of hydrogen-bond acceptors (Lipinski definition) is 5. The Bertz CT molecular complexity index is 1750. The Morgan fingerprint density at radius 1 is 0.447 bits per heavy atom. The maximum Gasteiger partial charge on any atom is 0.124 e. The molecule has 5 aromatic carbocycles. The minimum atomic E-state index is -2.26. The molecule has 2 heterocycles. The molecule has 7 aromatic rings. The number of hydrogen-bond donors (Lipinski definition) is 0. The predicted molar refractivity (Wildman–Crippen MR) is 170 cm³/mol. The summed E-state index contributed by atoms with van der Waals surface area (Å²) in [6.45, 7) is 0. The van der Waals surface area contributed by atoms with Crippen LogP contribution in [0, 0.1) is 0 Å². The van der Waals surface area contributed by atoms with Gasteiger partial charge in [0.15, 0.2) is 0 Å². The summed E-state index contributed by atoms with van der Waals surface area (Å²) < 4.78 is 2.41. The van der Waals surface area contributed by atoms with Gasteiger partial charge in [-0.25, -0.2) is 9.97 Å². The van der Waals surface area contributed by atoms with Crippen LogP contribution in [0.5, 0.6) is 0 Å². The van der Waals surface area contributed by atoms with Crippen molar-refractivity contribution in [3.63, 3.8) is 0 Å². The van der Waals surface area contributed by atoms with Gasteiger partial charge >= 0.3 is 0 Å². The Hall–Kier alpha value is -3.47. The van der Waals surface area contributed by atoms with Crippen LogP contribution in [0.25, 0.3) is 41.6 Å². The fourth-order valence-corrected chi connectivity index (χ4v) is 10.4. The number of benzene rings is 5. The van der Waals surface area contributed by atoms with E-state index < -0.39 is 6.04 Å². The predicted octanol–water partition coefficient (Wildman–Crippen LogP) is 8.00. The Morgan fingerprint density at radius 2 is 0.842 bits per heavy atom. The standard InChI is InChI=1S/C32H21N2PS3/c36-35(24-8-2-1-3-9-24,25-18-14-22(15-19-25)31-33-27-10-4-6-12-29(27)37-31)26-20-16-23(17-21-26)32-34-28-11-5-7-13-30(28)38-32/h1-21H. The van der Waals surface area contributed by atoms with Gasteiger partial charge in [-0.15, -0.1) is 22.7 Å². The van der Waals surface area contributed by atoms with E-state index in [0.717, 1.165) is 32.2 Å². The molecule has 2 aromatic heterocycles. The summed E-state index contributed by atoms with van der Waals surface area (Å²) >= 11 is 10.1. The molecule has 0 bridgehead atoms. The van der Waals surface area contributed by atoms with Crippen LogP contribution in [-0.4, -0.2) is 9.97 Å². The van der Waals surface area contributed by atoms with Gasteiger partial charge in [0.05, 0.1) is 20.4 Å². The molecule has 0 saturated carbocycles. The lowest BCUT2D eigenvalue weighted by Crippen LogP contribution is -2.24. The summed E-state index contributed by atoms with van der Waals surface area (Å²) in [6, 6.07) is 42.4. The topological polar surface area (TPSA) is 25.8 Å². The van der Waals surface area contributed by atoms with E-state index in [-0.39, 0.29) is 0 Å². The molecular weight excluding hydrogens is 540 g/mol. The van der Waals surface area contributed by atoms with Gasteiger partial charge in [-0.3, -0.25) is 0 Å². The maximum absolute atomic E-state index is 6.61. The molecule has 7 rings (SSSR count). The number of para-hydroxylation sites is 2. The number of nitrogens with zero attached hydrogens (tertiary/aromatic N) is 2. The minimum Gasteiger partial charge on any atom is -0.236 e. The molecule has 38 heavy (non-hydrogen) atoms. The van der Waals surface area contributed by atoms with Crippen molar-refractivity contribution in [3.8, 4) is 21.1 Å². The Balaban J connectivity index is 1.29. The third-order valence-corrected chi connectivity index (χ3v) is 13.8. The van der Waals surface area contributed by atoms with Crippen LogP contribution in [-0.2, 0) is 11.8 Å². The monoisotopic (exact) mass is 560 g/mol. The van der Waals surface area contributed by atoms with Crippen molar-refractivity contribution >= 4 is 76.9 Å². The summed E-state index contributed by atoms with van der Waals surface area (Å²) in [4.78, 5) is 9.68. The molecule has 0 radical (unpaired) electrons. The van der Waals surface area contributed by atoms with Crippen LogP contribution in [0.2, 0.25) is 0 Å². The zero-order valence-corrected chi connectivity index (χ0v) is 23.5. The first-order valence-electron chi connectivity index (χ1n) is 12.3. The van der Waals surface area contributed by atoms with Crippen LogP contribution in [0.3, 0.4) is 0 Å². The molecule has 182 valence electrons. The van der Waals surface area contributed by atoms with E-state index in [1.54, 1.807) is 22.7 Å². The van der Waals surface area contributed by atoms with Crippen molar-refractivity contribution in [2.75, 3.05) is 0 Å². The van der Waals surface area contributed by atoms with Gasteiger partial charge in [0, 0.05) is 17.2 Å². The number of aromatic nitrogens is 2. The lowest BCUT2D eigenvalue weighted by atomic mass is 10.2.